The Kier molecular flexibility index (Phi) is 50.8. The number of allylic oxidation sites excluding steroid dienone is 8. The van der Waals surface area contributed by atoms with Crippen LogP contribution in [0.2, 0.25) is 0 Å². The first-order valence-electron chi connectivity index (χ1n) is 27.6. The van der Waals surface area contributed by atoms with Crippen LogP contribution in [0.4, 0.5) is 0 Å². The van der Waals surface area contributed by atoms with Gasteiger partial charge in [0.1, 0.15) is 13.2 Å². The van der Waals surface area contributed by atoms with Crippen LogP contribution in [0.1, 0.15) is 284 Å². The average molecular weight is 897 g/mol. The van der Waals surface area contributed by atoms with Crippen molar-refractivity contribution in [2.45, 2.75) is 290 Å². The van der Waals surface area contributed by atoms with E-state index >= 15 is 0 Å². The minimum atomic E-state index is -0.780. The molecule has 0 aliphatic rings. The maximum absolute atomic E-state index is 12.7. The van der Waals surface area contributed by atoms with Gasteiger partial charge in [-0.25, -0.2) is 0 Å². The Balaban J connectivity index is 4.08. The summed E-state index contributed by atoms with van der Waals surface area (Å²) in [7, 11) is 0. The molecule has 6 nitrogen and oxygen atoms in total. The van der Waals surface area contributed by atoms with Gasteiger partial charge in [0.25, 0.3) is 0 Å². The molecule has 0 amide bonds. The minimum Gasteiger partial charge on any atom is -0.462 e. The first-order valence-corrected chi connectivity index (χ1v) is 27.6. The van der Waals surface area contributed by atoms with Crippen molar-refractivity contribution < 1.29 is 28.6 Å². The Morgan fingerprint density at radius 3 is 0.953 bits per heavy atom. The number of carbonyl (C=O) groups is 3. The van der Waals surface area contributed by atoms with Gasteiger partial charge in [-0.3, -0.25) is 14.4 Å². The number of esters is 3. The summed E-state index contributed by atoms with van der Waals surface area (Å²) >= 11 is 0. The van der Waals surface area contributed by atoms with Gasteiger partial charge in [0.2, 0.25) is 0 Å². The first-order chi connectivity index (χ1) is 31.5. The van der Waals surface area contributed by atoms with E-state index in [0.29, 0.717) is 19.3 Å². The molecule has 372 valence electrons. The maximum Gasteiger partial charge on any atom is 0.306 e. The number of hydrogen-bond donors (Lipinski definition) is 0. The number of hydrogen-bond acceptors (Lipinski definition) is 6. The molecule has 0 aromatic heterocycles. The van der Waals surface area contributed by atoms with Crippen molar-refractivity contribution in [2.75, 3.05) is 13.2 Å². The van der Waals surface area contributed by atoms with Gasteiger partial charge in [0, 0.05) is 19.3 Å². The van der Waals surface area contributed by atoms with E-state index in [-0.39, 0.29) is 31.1 Å². The van der Waals surface area contributed by atoms with Crippen molar-refractivity contribution in [1.29, 1.82) is 0 Å². The Hall–Kier alpha value is -2.63. The molecule has 6 heteroatoms. The molecule has 0 rings (SSSR count). The van der Waals surface area contributed by atoms with Crippen molar-refractivity contribution in [3.63, 3.8) is 0 Å². The highest BCUT2D eigenvalue weighted by Crippen LogP contribution is 2.17. The van der Waals surface area contributed by atoms with Crippen LogP contribution in [0.5, 0.6) is 0 Å². The van der Waals surface area contributed by atoms with Crippen LogP contribution in [0.15, 0.2) is 48.6 Å². The third-order valence-electron chi connectivity index (χ3n) is 12.1. The topological polar surface area (TPSA) is 78.9 Å². The van der Waals surface area contributed by atoms with Gasteiger partial charge in [-0.1, -0.05) is 256 Å². The Morgan fingerprint density at radius 2 is 0.609 bits per heavy atom. The first kappa shape index (κ1) is 61.4. The Bertz CT molecular complexity index is 1120. The van der Waals surface area contributed by atoms with Crippen LogP contribution in [0.3, 0.4) is 0 Å². The smallest absolute Gasteiger partial charge is 0.306 e. The Morgan fingerprint density at radius 1 is 0.328 bits per heavy atom. The van der Waals surface area contributed by atoms with E-state index in [1.807, 2.05) is 0 Å². The van der Waals surface area contributed by atoms with Gasteiger partial charge >= 0.3 is 17.9 Å². The van der Waals surface area contributed by atoms with E-state index in [1.165, 1.54) is 141 Å². The van der Waals surface area contributed by atoms with Crippen LogP contribution < -0.4 is 0 Å². The lowest BCUT2D eigenvalue weighted by Gasteiger charge is -2.18. The van der Waals surface area contributed by atoms with E-state index in [0.717, 1.165) is 103 Å². The van der Waals surface area contributed by atoms with Crippen LogP contribution >= 0.6 is 0 Å². The van der Waals surface area contributed by atoms with Crippen molar-refractivity contribution in [3.05, 3.63) is 48.6 Å². The predicted octanol–water partition coefficient (Wildman–Crippen LogP) is 18.3. The SMILES string of the molecule is CC/C=C\C/C=C\C/C=C\C/C=C\CCCCCCC(=O)OC(COC(=O)CCCCCCC)COC(=O)CCCCCCCCCCCCCCCCCCCCCCCCCC. The molecule has 0 aromatic rings. The molecule has 64 heavy (non-hydrogen) atoms. The lowest BCUT2D eigenvalue weighted by atomic mass is 10.0. The summed E-state index contributed by atoms with van der Waals surface area (Å²) in [6.45, 7) is 6.45. The number of ether oxygens (including phenoxy) is 3. The van der Waals surface area contributed by atoms with Gasteiger partial charge in [-0.05, 0) is 57.8 Å². The minimum absolute atomic E-state index is 0.0807. The van der Waals surface area contributed by atoms with E-state index < -0.39 is 6.10 Å². The molecule has 0 fully saturated rings. The molecule has 0 spiro atoms. The molecule has 0 saturated carbocycles. The summed E-state index contributed by atoms with van der Waals surface area (Å²) in [4.78, 5) is 37.7. The second-order valence-corrected chi connectivity index (χ2v) is 18.5. The number of carbonyl (C=O) groups excluding carboxylic acids is 3. The van der Waals surface area contributed by atoms with Crippen LogP contribution in [-0.4, -0.2) is 37.2 Å². The quantitative estimate of drug-likeness (QED) is 0.0262. The Labute approximate surface area is 397 Å². The molecule has 0 heterocycles. The third-order valence-corrected chi connectivity index (χ3v) is 12.1. The average Bonchev–Trinajstić information content (AvgIpc) is 3.29. The molecule has 0 N–H and O–H groups in total. The van der Waals surface area contributed by atoms with Crippen LogP contribution in [0.25, 0.3) is 0 Å². The zero-order chi connectivity index (χ0) is 46.5. The zero-order valence-corrected chi connectivity index (χ0v) is 42.6. The van der Waals surface area contributed by atoms with E-state index in [1.54, 1.807) is 0 Å². The van der Waals surface area contributed by atoms with E-state index in [2.05, 4.69) is 69.4 Å². The molecule has 0 saturated heterocycles. The lowest BCUT2D eigenvalue weighted by molar-refractivity contribution is -0.167. The molecule has 1 atom stereocenters. The predicted molar refractivity (Wildman–Crippen MR) is 275 cm³/mol. The largest absolute Gasteiger partial charge is 0.462 e. The van der Waals surface area contributed by atoms with Gasteiger partial charge in [0.15, 0.2) is 6.10 Å². The third kappa shape index (κ3) is 50.4. The number of unbranched alkanes of at least 4 members (excludes halogenated alkanes) is 31. The summed E-state index contributed by atoms with van der Waals surface area (Å²) in [6, 6.07) is 0. The highest BCUT2D eigenvalue weighted by atomic mass is 16.6. The highest BCUT2D eigenvalue weighted by Gasteiger charge is 2.19. The maximum atomic E-state index is 12.7. The molecule has 0 bridgehead atoms. The van der Waals surface area contributed by atoms with Crippen molar-refractivity contribution in [1.82, 2.24) is 0 Å². The summed E-state index contributed by atoms with van der Waals surface area (Å²) in [5, 5.41) is 0. The molecule has 0 radical (unpaired) electrons. The number of rotatable bonds is 50. The van der Waals surface area contributed by atoms with E-state index in [4.69, 9.17) is 14.2 Å². The molecule has 0 aliphatic carbocycles. The highest BCUT2D eigenvalue weighted by molar-refractivity contribution is 5.71. The van der Waals surface area contributed by atoms with Crippen LogP contribution in [-0.2, 0) is 28.6 Å². The molecule has 0 aliphatic heterocycles. The molecule has 1 unspecified atom stereocenters. The van der Waals surface area contributed by atoms with E-state index in [9.17, 15) is 14.4 Å². The standard InChI is InChI=1S/C58H104O6/c1-4-7-10-13-15-17-19-21-23-25-26-27-28-29-30-31-33-34-36-38-40-42-45-48-51-57(60)63-54-55(53-62-56(59)50-47-44-12-9-6-3)64-58(61)52-49-46-43-41-39-37-35-32-24-22-20-18-16-14-11-8-5-2/h8,11,16,18,22,24,35,37,55H,4-7,9-10,12-15,17,19-21,23,25-34,36,38-54H2,1-3H3/b11-8-,18-16-,24-22-,37-35-. The summed E-state index contributed by atoms with van der Waals surface area (Å²) in [5.74, 6) is -0.909. The van der Waals surface area contributed by atoms with Crippen LogP contribution in [0, 0.1) is 0 Å². The fraction of sp³-hybridized carbons (Fsp3) is 0.810. The molecular formula is C58H104O6. The lowest BCUT2D eigenvalue weighted by Crippen LogP contribution is -2.30. The summed E-state index contributed by atoms with van der Waals surface area (Å²) in [6.07, 6.45) is 64.4. The van der Waals surface area contributed by atoms with Gasteiger partial charge in [0.05, 0.1) is 0 Å². The monoisotopic (exact) mass is 897 g/mol. The summed E-state index contributed by atoms with van der Waals surface area (Å²) < 4.78 is 16.7. The second kappa shape index (κ2) is 53.0. The molecule has 0 aromatic carbocycles. The van der Waals surface area contributed by atoms with Crippen molar-refractivity contribution in [2.24, 2.45) is 0 Å². The van der Waals surface area contributed by atoms with Gasteiger partial charge in [-0.2, -0.15) is 0 Å². The fourth-order valence-electron chi connectivity index (χ4n) is 7.96. The van der Waals surface area contributed by atoms with Crippen molar-refractivity contribution >= 4 is 17.9 Å². The molecular weight excluding hydrogens is 793 g/mol. The van der Waals surface area contributed by atoms with Crippen molar-refractivity contribution in [3.8, 4) is 0 Å². The normalized spacial score (nSPS) is 12.4. The fourth-order valence-corrected chi connectivity index (χ4v) is 7.96. The zero-order valence-electron chi connectivity index (χ0n) is 42.6. The summed E-state index contributed by atoms with van der Waals surface area (Å²) in [5.41, 5.74) is 0. The second-order valence-electron chi connectivity index (χ2n) is 18.5. The van der Waals surface area contributed by atoms with Gasteiger partial charge < -0.3 is 14.2 Å². The van der Waals surface area contributed by atoms with Gasteiger partial charge in [-0.15, -0.1) is 0 Å².